The number of nitrogens with one attached hydrogen (secondary N) is 2. The van der Waals surface area contributed by atoms with Gasteiger partial charge in [0.05, 0.1) is 12.7 Å². The van der Waals surface area contributed by atoms with Gasteiger partial charge in [-0.25, -0.2) is 0 Å². The third-order valence-corrected chi connectivity index (χ3v) is 4.41. The predicted octanol–water partition coefficient (Wildman–Crippen LogP) is 1.98. The first-order valence-electron chi connectivity index (χ1n) is 7.82. The molecule has 7 heteroatoms. The van der Waals surface area contributed by atoms with Crippen LogP contribution in [0.2, 0.25) is 0 Å². The number of ether oxygens (including phenoxy) is 1. The van der Waals surface area contributed by atoms with Crippen molar-refractivity contribution in [1.29, 1.82) is 0 Å². The molecular formula is C17H24N2O4S. The van der Waals surface area contributed by atoms with Gasteiger partial charge in [0, 0.05) is 11.4 Å². The van der Waals surface area contributed by atoms with Crippen LogP contribution >= 0.6 is 11.8 Å². The minimum atomic E-state index is -0.639. The molecule has 132 valence electrons. The second-order valence-electron chi connectivity index (χ2n) is 5.27. The molecule has 1 aromatic carbocycles. The number of hydrogen-bond acceptors (Lipinski definition) is 5. The molecule has 1 rings (SSSR count). The molecule has 0 aliphatic rings. The average molecular weight is 352 g/mol. The molecule has 2 N–H and O–H groups in total. The second-order valence-corrected chi connectivity index (χ2v) is 6.65. The summed E-state index contributed by atoms with van der Waals surface area (Å²) >= 11 is 1.24. The van der Waals surface area contributed by atoms with Crippen molar-refractivity contribution in [3.8, 4) is 0 Å². The van der Waals surface area contributed by atoms with Crippen LogP contribution in [0, 0.1) is 0 Å². The number of methoxy groups -OCH3 is 1. The predicted molar refractivity (Wildman–Crippen MR) is 94.0 cm³/mol. The van der Waals surface area contributed by atoms with Crippen LogP contribution in [-0.4, -0.2) is 42.7 Å². The normalized spacial score (nSPS) is 12.8. The molecule has 24 heavy (non-hydrogen) atoms. The van der Waals surface area contributed by atoms with Crippen LogP contribution in [0.15, 0.2) is 29.2 Å². The zero-order chi connectivity index (χ0) is 18.1. The minimum Gasteiger partial charge on any atom is -0.468 e. The largest absolute Gasteiger partial charge is 0.468 e. The Morgan fingerprint density at radius 2 is 1.88 bits per heavy atom. The molecule has 0 saturated carbocycles. The van der Waals surface area contributed by atoms with Gasteiger partial charge in [0.25, 0.3) is 5.91 Å². The summed E-state index contributed by atoms with van der Waals surface area (Å²) in [6, 6.07) is 6.32. The van der Waals surface area contributed by atoms with Gasteiger partial charge in [-0.2, -0.15) is 0 Å². The van der Waals surface area contributed by atoms with Gasteiger partial charge in [0.1, 0.15) is 11.3 Å². The van der Waals surface area contributed by atoms with Crippen molar-refractivity contribution in [3.63, 3.8) is 0 Å². The molecule has 0 unspecified atom stereocenters. The van der Waals surface area contributed by atoms with E-state index in [9.17, 15) is 14.4 Å². The summed E-state index contributed by atoms with van der Waals surface area (Å²) in [6.45, 7) is 5.88. The van der Waals surface area contributed by atoms with E-state index in [0.717, 1.165) is 6.42 Å². The summed E-state index contributed by atoms with van der Waals surface area (Å²) in [5, 5.41) is 4.98. The number of hydrogen-bond donors (Lipinski definition) is 2. The summed E-state index contributed by atoms with van der Waals surface area (Å²) in [7, 11) is 1.33. The number of amides is 2. The third kappa shape index (κ3) is 5.88. The highest BCUT2D eigenvalue weighted by Gasteiger charge is 2.21. The number of carbonyl (C=O) groups is 3. The molecule has 0 saturated heterocycles. The van der Waals surface area contributed by atoms with Crippen LogP contribution in [0.4, 0.5) is 0 Å². The Balaban J connectivity index is 2.80. The molecule has 2 amide bonds. The highest BCUT2D eigenvalue weighted by Crippen LogP contribution is 2.27. The van der Waals surface area contributed by atoms with Crippen LogP contribution in [0.5, 0.6) is 0 Å². The molecule has 0 aliphatic heterocycles. The van der Waals surface area contributed by atoms with E-state index in [2.05, 4.69) is 10.6 Å². The van der Waals surface area contributed by atoms with Crippen molar-refractivity contribution in [2.75, 3.05) is 13.7 Å². The number of carbonyl (C=O) groups excluding carboxylic acids is 3. The summed E-state index contributed by atoms with van der Waals surface area (Å²) < 4.78 is 4.70. The van der Waals surface area contributed by atoms with Gasteiger partial charge in [-0.15, -0.1) is 11.8 Å². The van der Waals surface area contributed by atoms with Crippen LogP contribution in [0.25, 0.3) is 0 Å². The van der Waals surface area contributed by atoms with Gasteiger partial charge in [-0.1, -0.05) is 19.1 Å². The summed E-state index contributed by atoms with van der Waals surface area (Å²) in [4.78, 5) is 36.6. The molecule has 0 aliphatic carbocycles. The highest BCUT2D eigenvalue weighted by molar-refractivity contribution is 8.00. The number of thioether (sulfide) groups is 1. The maximum Gasteiger partial charge on any atom is 0.318 e. The fourth-order valence-corrected chi connectivity index (χ4v) is 2.92. The first kappa shape index (κ1) is 20.0. The quantitative estimate of drug-likeness (QED) is 0.552. The van der Waals surface area contributed by atoms with Crippen molar-refractivity contribution in [3.05, 3.63) is 29.8 Å². The molecular weight excluding hydrogens is 328 g/mol. The van der Waals surface area contributed by atoms with Crippen LogP contribution in [0.1, 0.15) is 37.6 Å². The van der Waals surface area contributed by atoms with E-state index in [1.165, 1.54) is 18.9 Å². The Morgan fingerprint density at radius 3 is 2.50 bits per heavy atom. The fraction of sp³-hybridized carbons (Fsp3) is 0.471. The van der Waals surface area contributed by atoms with Gasteiger partial charge in [0.2, 0.25) is 5.91 Å². The van der Waals surface area contributed by atoms with Gasteiger partial charge < -0.3 is 15.4 Å². The standard InChI is InChI=1S/C17H24N2O4S/c1-5-10-18-15(20)11(2)19-16(21)13-8-6-7-9-14(13)24-12(3)17(22)23-4/h6-9,11-12H,5,10H2,1-4H3,(H,18,20)(H,19,21)/t11-,12+/m0/s1. The summed E-state index contributed by atoms with van der Waals surface area (Å²) in [6.07, 6.45) is 0.831. The fourth-order valence-electron chi connectivity index (χ4n) is 1.90. The molecule has 0 heterocycles. The molecule has 6 nitrogen and oxygen atoms in total. The Morgan fingerprint density at radius 1 is 1.21 bits per heavy atom. The summed E-state index contributed by atoms with van der Waals surface area (Å²) in [5.41, 5.74) is 0.424. The zero-order valence-electron chi connectivity index (χ0n) is 14.4. The smallest absolute Gasteiger partial charge is 0.318 e. The number of esters is 1. The average Bonchev–Trinajstić information content (AvgIpc) is 2.58. The van der Waals surface area contributed by atoms with E-state index in [0.29, 0.717) is 17.0 Å². The first-order chi connectivity index (χ1) is 11.4. The molecule has 0 bridgehead atoms. The lowest BCUT2D eigenvalue weighted by Crippen LogP contribution is -2.45. The van der Waals surface area contributed by atoms with Crippen molar-refractivity contribution < 1.29 is 19.1 Å². The molecule has 2 atom stereocenters. The van der Waals surface area contributed by atoms with Gasteiger partial charge in [0.15, 0.2) is 0 Å². The lowest BCUT2D eigenvalue weighted by molar-refractivity contribution is -0.139. The molecule has 0 aromatic heterocycles. The zero-order valence-corrected chi connectivity index (χ0v) is 15.2. The monoisotopic (exact) mass is 352 g/mol. The van der Waals surface area contributed by atoms with Gasteiger partial charge in [-0.3, -0.25) is 14.4 Å². The van der Waals surface area contributed by atoms with Gasteiger partial charge >= 0.3 is 5.97 Å². The topological polar surface area (TPSA) is 84.5 Å². The number of rotatable bonds is 8. The van der Waals surface area contributed by atoms with Crippen molar-refractivity contribution >= 4 is 29.5 Å². The maximum absolute atomic E-state index is 12.5. The second kappa shape index (κ2) is 9.97. The Bertz CT molecular complexity index is 592. The van der Waals surface area contributed by atoms with E-state index in [4.69, 9.17) is 4.74 Å². The first-order valence-corrected chi connectivity index (χ1v) is 8.70. The van der Waals surface area contributed by atoms with E-state index >= 15 is 0 Å². The van der Waals surface area contributed by atoms with Crippen LogP contribution in [-0.2, 0) is 14.3 Å². The molecule has 0 spiro atoms. The van der Waals surface area contributed by atoms with Crippen molar-refractivity contribution in [2.45, 2.75) is 43.4 Å². The van der Waals surface area contributed by atoms with Gasteiger partial charge in [-0.05, 0) is 32.4 Å². The lowest BCUT2D eigenvalue weighted by atomic mass is 10.2. The highest BCUT2D eigenvalue weighted by atomic mass is 32.2. The Hall–Kier alpha value is -2.02. The number of benzene rings is 1. The van der Waals surface area contributed by atoms with Crippen molar-refractivity contribution in [1.82, 2.24) is 10.6 Å². The maximum atomic E-state index is 12.5. The van der Waals surface area contributed by atoms with E-state index in [1.54, 1.807) is 38.1 Å². The molecule has 0 fully saturated rings. The minimum absolute atomic E-state index is 0.224. The summed E-state index contributed by atoms with van der Waals surface area (Å²) in [5.74, 6) is -0.935. The Kier molecular flexibility index (Phi) is 8.32. The Labute approximate surface area is 146 Å². The van der Waals surface area contributed by atoms with Crippen molar-refractivity contribution in [2.24, 2.45) is 0 Å². The van der Waals surface area contributed by atoms with E-state index in [-0.39, 0.29) is 17.8 Å². The lowest BCUT2D eigenvalue weighted by Gasteiger charge is -2.16. The molecule has 0 radical (unpaired) electrons. The third-order valence-electron chi connectivity index (χ3n) is 3.26. The van der Waals surface area contributed by atoms with E-state index in [1.807, 2.05) is 6.92 Å². The van der Waals surface area contributed by atoms with E-state index < -0.39 is 11.3 Å². The van der Waals surface area contributed by atoms with Crippen LogP contribution < -0.4 is 10.6 Å². The molecule has 1 aromatic rings. The SMILES string of the molecule is CCCNC(=O)[C@H](C)NC(=O)c1ccccc1S[C@H](C)C(=O)OC. The van der Waals surface area contributed by atoms with Crippen LogP contribution in [0.3, 0.4) is 0 Å².